The summed E-state index contributed by atoms with van der Waals surface area (Å²) in [5, 5.41) is 3.28. The number of nitrogens with one attached hydrogen (secondary N) is 1. The van der Waals surface area contributed by atoms with Gasteiger partial charge >= 0.3 is 0 Å². The van der Waals surface area contributed by atoms with Gasteiger partial charge in [-0.05, 0) is 48.7 Å². The Balaban J connectivity index is 2.46. The average Bonchev–Trinajstić information content (AvgIpc) is 2.83. The highest BCUT2D eigenvalue weighted by Crippen LogP contribution is 2.31. The Kier molecular flexibility index (Phi) is 11.3. The van der Waals surface area contributed by atoms with E-state index in [1.54, 1.807) is 25.1 Å². The summed E-state index contributed by atoms with van der Waals surface area (Å²) in [6, 6.07) is 10.7. The second kappa shape index (κ2) is 13.7. The van der Waals surface area contributed by atoms with Crippen LogP contribution in [0.15, 0.2) is 42.5 Å². The van der Waals surface area contributed by atoms with Gasteiger partial charge in [-0.2, -0.15) is 0 Å². The van der Waals surface area contributed by atoms with Crippen molar-refractivity contribution in [2.75, 3.05) is 30.8 Å². The lowest BCUT2D eigenvalue weighted by molar-refractivity contribution is -0.140. The number of hydrogen-bond donors (Lipinski definition) is 1. The van der Waals surface area contributed by atoms with Crippen LogP contribution in [-0.4, -0.2) is 57.6 Å². The summed E-state index contributed by atoms with van der Waals surface area (Å²) in [7, 11) is -2.38. The second-order valence-corrected chi connectivity index (χ2v) is 11.1. The standard InChI is InChI=1S/C25H33Cl2N3O5S/c1-5-7-13-28-25(32)22(6-2)29(16-18-9-8-10-20(14-18)35-3)24(31)17-30(36(4,33)34)23-15-19(26)11-12-21(23)27/h8-12,14-15,22H,5-7,13,16-17H2,1-4H3,(H,28,32)/t22-/m1/s1. The first kappa shape index (κ1) is 29.7. The maximum Gasteiger partial charge on any atom is 0.244 e. The fraction of sp³-hybridized carbons (Fsp3) is 0.440. The van der Waals surface area contributed by atoms with E-state index in [4.69, 9.17) is 27.9 Å². The monoisotopic (exact) mass is 557 g/mol. The predicted octanol–water partition coefficient (Wildman–Crippen LogP) is 4.49. The number of nitrogens with zero attached hydrogens (tertiary/aromatic N) is 2. The minimum Gasteiger partial charge on any atom is -0.497 e. The van der Waals surface area contributed by atoms with Gasteiger partial charge in [0.2, 0.25) is 21.8 Å². The van der Waals surface area contributed by atoms with Gasteiger partial charge in [-0.1, -0.05) is 55.6 Å². The lowest BCUT2D eigenvalue weighted by Crippen LogP contribution is -2.52. The maximum absolute atomic E-state index is 13.7. The fourth-order valence-corrected chi connectivity index (χ4v) is 4.95. The van der Waals surface area contributed by atoms with Crippen LogP contribution in [0, 0.1) is 0 Å². The summed E-state index contributed by atoms with van der Waals surface area (Å²) >= 11 is 12.3. The Morgan fingerprint density at radius 1 is 1.11 bits per heavy atom. The lowest BCUT2D eigenvalue weighted by atomic mass is 10.1. The number of methoxy groups -OCH3 is 1. The molecule has 8 nitrogen and oxygen atoms in total. The molecule has 0 aliphatic rings. The number of hydrogen-bond acceptors (Lipinski definition) is 5. The summed E-state index contributed by atoms with van der Waals surface area (Å²) in [5.41, 5.74) is 0.816. The zero-order valence-electron chi connectivity index (χ0n) is 21.0. The van der Waals surface area contributed by atoms with Crippen LogP contribution >= 0.6 is 23.2 Å². The highest BCUT2D eigenvalue weighted by molar-refractivity contribution is 7.92. The number of carbonyl (C=O) groups is 2. The van der Waals surface area contributed by atoms with Gasteiger partial charge in [0.25, 0.3) is 0 Å². The number of sulfonamides is 1. The Morgan fingerprint density at radius 3 is 2.44 bits per heavy atom. The van der Waals surface area contributed by atoms with E-state index in [0.29, 0.717) is 18.7 Å². The molecule has 0 bridgehead atoms. The Labute approximate surface area is 223 Å². The zero-order valence-corrected chi connectivity index (χ0v) is 23.3. The van der Waals surface area contributed by atoms with E-state index in [0.717, 1.165) is 29.0 Å². The van der Waals surface area contributed by atoms with Gasteiger partial charge in [-0.15, -0.1) is 0 Å². The summed E-state index contributed by atoms with van der Waals surface area (Å²) in [6.45, 7) is 3.83. The number of halogens is 2. The Morgan fingerprint density at radius 2 is 1.83 bits per heavy atom. The maximum atomic E-state index is 13.7. The molecule has 0 aromatic heterocycles. The molecular weight excluding hydrogens is 525 g/mol. The van der Waals surface area contributed by atoms with E-state index in [1.165, 1.54) is 30.2 Å². The first-order valence-corrected chi connectivity index (χ1v) is 14.2. The smallest absolute Gasteiger partial charge is 0.244 e. The van der Waals surface area contributed by atoms with Crippen LogP contribution in [0.4, 0.5) is 5.69 Å². The topological polar surface area (TPSA) is 96.0 Å². The average molecular weight is 559 g/mol. The van der Waals surface area contributed by atoms with Crippen LogP contribution < -0.4 is 14.4 Å². The lowest BCUT2D eigenvalue weighted by Gasteiger charge is -2.33. The highest BCUT2D eigenvalue weighted by Gasteiger charge is 2.32. The van der Waals surface area contributed by atoms with Crippen LogP contribution in [0.1, 0.15) is 38.7 Å². The molecule has 0 radical (unpaired) electrons. The molecule has 0 spiro atoms. The molecule has 36 heavy (non-hydrogen) atoms. The van der Waals surface area contributed by atoms with Crippen molar-refractivity contribution in [1.82, 2.24) is 10.2 Å². The predicted molar refractivity (Wildman–Crippen MR) is 144 cm³/mol. The molecule has 0 aliphatic heterocycles. The Bertz CT molecular complexity index is 1160. The van der Waals surface area contributed by atoms with Crippen molar-refractivity contribution < 1.29 is 22.7 Å². The third-order valence-electron chi connectivity index (χ3n) is 5.56. The number of rotatable bonds is 13. The van der Waals surface area contributed by atoms with Crippen molar-refractivity contribution in [3.63, 3.8) is 0 Å². The van der Waals surface area contributed by atoms with E-state index in [9.17, 15) is 18.0 Å². The number of anilines is 1. The van der Waals surface area contributed by atoms with Crippen LogP contribution in [0.25, 0.3) is 0 Å². The molecule has 2 amide bonds. The van der Waals surface area contributed by atoms with Gasteiger partial charge < -0.3 is 15.0 Å². The summed E-state index contributed by atoms with van der Waals surface area (Å²) in [6.07, 6.45) is 3.04. The molecule has 2 aromatic carbocycles. The molecule has 0 saturated heterocycles. The molecule has 11 heteroatoms. The summed E-state index contributed by atoms with van der Waals surface area (Å²) in [4.78, 5) is 28.2. The van der Waals surface area contributed by atoms with E-state index in [-0.39, 0.29) is 28.2 Å². The number of ether oxygens (including phenoxy) is 1. The third kappa shape index (κ3) is 8.28. The quantitative estimate of drug-likeness (QED) is 0.366. The SMILES string of the molecule is CCCCNC(=O)[C@@H](CC)N(Cc1cccc(OC)c1)C(=O)CN(c1cc(Cl)ccc1Cl)S(C)(=O)=O. The van der Waals surface area contributed by atoms with Crippen molar-refractivity contribution in [1.29, 1.82) is 0 Å². The molecule has 1 atom stereocenters. The molecule has 1 N–H and O–H groups in total. The molecule has 2 aromatic rings. The second-order valence-electron chi connectivity index (χ2n) is 8.31. The number of benzene rings is 2. The molecule has 0 fully saturated rings. The number of amides is 2. The van der Waals surface area contributed by atoms with Crippen molar-refractivity contribution in [3.05, 3.63) is 58.1 Å². The van der Waals surface area contributed by atoms with Gasteiger partial charge in [0, 0.05) is 18.1 Å². The molecule has 2 rings (SSSR count). The van der Waals surface area contributed by atoms with E-state index >= 15 is 0 Å². The fourth-order valence-electron chi connectivity index (χ4n) is 3.66. The van der Waals surface area contributed by atoms with Gasteiger partial charge in [-0.25, -0.2) is 8.42 Å². The van der Waals surface area contributed by atoms with Gasteiger partial charge in [0.05, 0.1) is 24.1 Å². The minimum atomic E-state index is -3.92. The van der Waals surface area contributed by atoms with E-state index < -0.39 is 28.5 Å². The van der Waals surface area contributed by atoms with E-state index in [2.05, 4.69) is 5.32 Å². The number of carbonyl (C=O) groups excluding carboxylic acids is 2. The van der Waals surface area contributed by atoms with Crippen molar-refractivity contribution in [2.24, 2.45) is 0 Å². The van der Waals surface area contributed by atoms with Gasteiger partial charge in [0.1, 0.15) is 18.3 Å². The molecule has 0 saturated carbocycles. The molecule has 198 valence electrons. The van der Waals surface area contributed by atoms with Crippen molar-refractivity contribution in [2.45, 2.75) is 45.7 Å². The molecule has 0 heterocycles. The molecule has 0 unspecified atom stereocenters. The van der Waals surface area contributed by atoms with Crippen molar-refractivity contribution >= 4 is 50.7 Å². The normalized spacial score (nSPS) is 12.1. The largest absolute Gasteiger partial charge is 0.497 e. The van der Waals surface area contributed by atoms with Crippen LogP contribution in [0.2, 0.25) is 10.0 Å². The highest BCUT2D eigenvalue weighted by atomic mass is 35.5. The van der Waals surface area contributed by atoms with E-state index in [1.807, 2.05) is 13.0 Å². The van der Waals surface area contributed by atoms with Crippen LogP contribution in [-0.2, 0) is 26.2 Å². The van der Waals surface area contributed by atoms with Crippen LogP contribution in [0.5, 0.6) is 5.75 Å². The molecular formula is C25H33Cl2N3O5S. The Hall–Kier alpha value is -2.49. The van der Waals surface area contributed by atoms with Crippen LogP contribution in [0.3, 0.4) is 0 Å². The summed E-state index contributed by atoms with van der Waals surface area (Å²) < 4.78 is 31.6. The van der Waals surface area contributed by atoms with Crippen molar-refractivity contribution in [3.8, 4) is 5.75 Å². The first-order chi connectivity index (χ1) is 17.0. The molecule has 0 aliphatic carbocycles. The summed E-state index contributed by atoms with van der Waals surface area (Å²) in [5.74, 6) is -0.255. The first-order valence-electron chi connectivity index (χ1n) is 11.6. The van der Waals surface area contributed by atoms with Gasteiger partial charge in [-0.3, -0.25) is 13.9 Å². The zero-order chi connectivity index (χ0) is 26.9. The third-order valence-corrected chi connectivity index (χ3v) is 7.24. The minimum absolute atomic E-state index is 0.0800. The van der Waals surface area contributed by atoms with Gasteiger partial charge in [0.15, 0.2) is 0 Å². The number of unbranched alkanes of at least 4 members (excludes halogenated alkanes) is 1.